The van der Waals surface area contributed by atoms with Crippen LogP contribution < -0.4 is 5.32 Å². The summed E-state index contributed by atoms with van der Waals surface area (Å²) in [7, 11) is 0. The van der Waals surface area contributed by atoms with Crippen LogP contribution in [0, 0.1) is 0 Å². The number of ketones is 1. The highest BCUT2D eigenvalue weighted by atomic mass is 16.2. The van der Waals surface area contributed by atoms with Crippen LogP contribution in [0.1, 0.15) is 19.4 Å². The molecule has 0 radical (unpaired) electrons. The molecule has 3 amide bonds. The first kappa shape index (κ1) is 12.3. The third-order valence-electron chi connectivity index (χ3n) is 3.01. The third-order valence-corrected chi connectivity index (χ3v) is 3.01. The summed E-state index contributed by atoms with van der Waals surface area (Å²) >= 11 is 0. The lowest BCUT2D eigenvalue weighted by molar-refractivity contribution is -0.133. The van der Waals surface area contributed by atoms with Gasteiger partial charge < -0.3 is 5.32 Å². The summed E-state index contributed by atoms with van der Waals surface area (Å²) in [6.45, 7) is 2.80. The van der Waals surface area contributed by atoms with Crippen LogP contribution in [0.5, 0.6) is 0 Å². The topological polar surface area (TPSA) is 66.5 Å². The fourth-order valence-corrected chi connectivity index (χ4v) is 2.03. The van der Waals surface area contributed by atoms with Crippen molar-refractivity contribution in [1.29, 1.82) is 0 Å². The summed E-state index contributed by atoms with van der Waals surface area (Å²) < 4.78 is 0. The maximum absolute atomic E-state index is 12.3. The molecule has 94 valence electrons. The number of carbonyl (C=O) groups excluding carboxylic acids is 3. The molecule has 5 nitrogen and oxygen atoms in total. The summed E-state index contributed by atoms with van der Waals surface area (Å²) in [5.41, 5.74) is -0.386. The van der Waals surface area contributed by atoms with Crippen molar-refractivity contribution >= 4 is 17.7 Å². The lowest BCUT2D eigenvalue weighted by Gasteiger charge is -2.21. The molecule has 0 aromatic heterocycles. The van der Waals surface area contributed by atoms with Crippen LogP contribution >= 0.6 is 0 Å². The van der Waals surface area contributed by atoms with Crippen LogP contribution in [0.4, 0.5) is 4.79 Å². The number of nitrogens with zero attached hydrogens (tertiary/aromatic N) is 1. The van der Waals surface area contributed by atoms with Crippen LogP contribution in [-0.2, 0) is 15.1 Å². The molecule has 0 saturated carbocycles. The zero-order valence-corrected chi connectivity index (χ0v) is 10.3. The number of urea groups is 1. The molecule has 1 unspecified atom stereocenters. The Hall–Kier alpha value is -2.17. The Morgan fingerprint density at radius 1 is 1.28 bits per heavy atom. The maximum Gasteiger partial charge on any atom is 0.325 e. The highest BCUT2D eigenvalue weighted by Gasteiger charge is 2.48. The Balaban J connectivity index is 2.35. The molecule has 0 bridgehead atoms. The molecule has 0 spiro atoms. The van der Waals surface area contributed by atoms with Gasteiger partial charge in [0.2, 0.25) is 0 Å². The van der Waals surface area contributed by atoms with Crippen LogP contribution in [0.3, 0.4) is 0 Å². The molecule has 1 heterocycles. The van der Waals surface area contributed by atoms with Gasteiger partial charge in [-0.05, 0) is 19.4 Å². The van der Waals surface area contributed by atoms with Crippen LogP contribution in [0.2, 0.25) is 0 Å². The van der Waals surface area contributed by atoms with Crippen LogP contribution in [-0.4, -0.2) is 29.2 Å². The van der Waals surface area contributed by atoms with Gasteiger partial charge in [0.15, 0.2) is 0 Å². The summed E-state index contributed by atoms with van der Waals surface area (Å²) in [4.78, 5) is 36.0. The molecule has 18 heavy (non-hydrogen) atoms. The van der Waals surface area contributed by atoms with Gasteiger partial charge in [-0.25, -0.2) is 4.79 Å². The van der Waals surface area contributed by atoms with E-state index in [4.69, 9.17) is 0 Å². The molecule has 1 fully saturated rings. The molecular weight excluding hydrogens is 232 g/mol. The minimum atomic E-state index is -1.09. The number of nitrogens with one attached hydrogen (secondary N) is 1. The summed E-state index contributed by atoms with van der Waals surface area (Å²) in [5, 5.41) is 2.64. The Kier molecular flexibility index (Phi) is 2.90. The quantitative estimate of drug-likeness (QED) is 0.810. The van der Waals surface area contributed by atoms with Crippen molar-refractivity contribution in [2.75, 3.05) is 6.54 Å². The molecule has 1 atom stereocenters. The first-order valence-electron chi connectivity index (χ1n) is 5.64. The summed E-state index contributed by atoms with van der Waals surface area (Å²) in [5.74, 6) is -0.621. The number of imide groups is 1. The van der Waals surface area contributed by atoms with E-state index in [2.05, 4.69) is 5.32 Å². The van der Waals surface area contributed by atoms with Crippen molar-refractivity contribution < 1.29 is 14.4 Å². The normalized spacial score (nSPS) is 23.1. The molecule has 5 heteroatoms. The first-order valence-corrected chi connectivity index (χ1v) is 5.64. The zero-order chi connectivity index (χ0) is 13.3. The van der Waals surface area contributed by atoms with E-state index in [1.54, 1.807) is 31.2 Å². The van der Waals surface area contributed by atoms with Crippen molar-refractivity contribution in [2.45, 2.75) is 19.4 Å². The van der Waals surface area contributed by atoms with Gasteiger partial charge in [-0.3, -0.25) is 14.5 Å². The Labute approximate surface area is 105 Å². The van der Waals surface area contributed by atoms with Crippen LogP contribution in [0.25, 0.3) is 0 Å². The molecule has 2 rings (SSSR count). The third kappa shape index (κ3) is 1.88. The second-order valence-electron chi connectivity index (χ2n) is 4.51. The van der Waals surface area contributed by atoms with Crippen molar-refractivity contribution in [1.82, 2.24) is 10.2 Å². The molecular formula is C13H14N2O3. The summed E-state index contributed by atoms with van der Waals surface area (Å²) in [6.07, 6.45) is 0. The van der Waals surface area contributed by atoms with Crippen molar-refractivity contribution in [2.24, 2.45) is 0 Å². The first-order chi connectivity index (χ1) is 8.45. The lowest BCUT2D eigenvalue weighted by Crippen LogP contribution is -2.41. The SMILES string of the molecule is CC(=O)CN1C(=O)NC(C)(c2ccccc2)C1=O. The van der Waals surface area contributed by atoms with E-state index >= 15 is 0 Å². The number of amides is 3. The Bertz CT molecular complexity index is 512. The highest BCUT2D eigenvalue weighted by molar-refractivity contribution is 6.09. The smallest absolute Gasteiger partial charge is 0.319 e. The van der Waals surface area contributed by atoms with Gasteiger partial charge in [0.25, 0.3) is 5.91 Å². The largest absolute Gasteiger partial charge is 0.325 e. The van der Waals surface area contributed by atoms with Gasteiger partial charge in [0.05, 0.1) is 6.54 Å². The average molecular weight is 246 g/mol. The van der Waals surface area contributed by atoms with Gasteiger partial charge >= 0.3 is 6.03 Å². The predicted molar refractivity (Wildman–Crippen MR) is 64.7 cm³/mol. The fraction of sp³-hybridized carbons (Fsp3) is 0.308. The summed E-state index contributed by atoms with van der Waals surface area (Å²) in [6, 6.07) is 8.45. The van der Waals surface area contributed by atoms with Crippen LogP contribution in [0.15, 0.2) is 30.3 Å². The second-order valence-corrected chi connectivity index (χ2v) is 4.51. The molecule has 1 aliphatic heterocycles. The monoisotopic (exact) mass is 246 g/mol. The molecule has 0 aliphatic carbocycles. The Morgan fingerprint density at radius 2 is 1.89 bits per heavy atom. The Morgan fingerprint density at radius 3 is 2.44 bits per heavy atom. The van der Waals surface area contributed by atoms with Gasteiger partial charge in [0, 0.05) is 0 Å². The second kappa shape index (κ2) is 4.25. The number of Topliss-reactive ketones (excluding diaryl/α,β-unsaturated/α-hetero) is 1. The highest BCUT2D eigenvalue weighted by Crippen LogP contribution is 2.28. The molecule has 1 aromatic carbocycles. The lowest BCUT2D eigenvalue weighted by atomic mass is 9.92. The predicted octanol–water partition coefficient (Wildman–Crippen LogP) is 1.04. The van der Waals surface area contributed by atoms with Gasteiger partial charge in [-0.1, -0.05) is 30.3 Å². The molecule has 1 aromatic rings. The van der Waals surface area contributed by atoms with Gasteiger partial charge in [-0.15, -0.1) is 0 Å². The van der Waals surface area contributed by atoms with E-state index in [1.165, 1.54) is 6.92 Å². The van der Waals surface area contributed by atoms with E-state index in [1.807, 2.05) is 6.07 Å². The van der Waals surface area contributed by atoms with E-state index in [9.17, 15) is 14.4 Å². The minimum absolute atomic E-state index is 0.187. The van der Waals surface area contributed by atoms with E-state index in [0.29, 0.717) is 5.56 Å². The van der Waals surface area contributed by atoms with Gasteiger partial charge in [-0.2, -0.15) is 0 Å². The number of rotatable bonds is 3. The maximum atomic E-state index is 12.3. The van der Waals surface area contributed by atoms with E-state index in [-0.39, 0.29) is 12.3 Å². The minimum Gasteiger partial charge on any atom is -0.319 e. The van der Waals surface area contributed by atoms with E-state index in [0.717, 1.165) is 4.90 Å². The van der Waals surface area contributed by atoms with Gasteiger partial charge in [0.1, 0.15) is 11.3 Å². The van der Waals surface area contributed by atoms with Crippen molar-refractivity contribution in [3.63, 3.8) is 0 Å². The standard InChI is InChI=1S/C13H14N2O3/c1-9(16)8-15-11(17)13(2,14-12(15)18)10-6-4-3-5-7-10/h3-7H,8H2,1-2H3,(H,14,18). The molecule has 1 saturated heterocycles. The number of hydrogen-bond acceptors (Lipinski definition) is 3. The zero-order valence-electron chi connectivity index (χ0n) is 10.3. The number of benzene rings is 1. The number of carbonyl (C=O) groups is 3. The van der Waals surface area contributed by atoms with Crippen molar-refractivity contribution in [3.8, 4) is 0 Å². The average Bonchev–Trinajstić information content (AvgIpc) is 2.55. The molecule has 1 aliphatic rings. The molecule has 1 N–H and O–H groups in total. The van der Waals surface area contributed by atoms with E-state index < -0.39 is 17.5 Å². The fourth-order valence-electron chi connectivity index (χ4n) is 2.03. The van der Waals surface area contributed by atoms with Crippen molar-refractivity contribution in [3.05, 3.63) is 35.9 Å². The number of hydrogen-bond donors (Lipinski definition) is 1.